The Morgan fingerprint density at radius 2 is 1.25 bits per heavy atom. The summed E-state index contributed by atoms with van der Waals surface area (Å²) >= 11 is 0. The molecule has 4 rings (SSSR count). The van der Waals surface area contributed by atoms with Crippen molar-refractivity contribution in [3.05, 3.63) is 66.3 Å². The van der Waals surface area contributed by atoms with Crippen LogP contribution < -0.4 is 0 Å². The second-order valence-corrected chi connectivity index (χ2v) is 11.2. The zero-order valence-electron chi connectivity index (χ0n) is 20.7. The zero-order chi connectivity index (χ0) is 23.4. The standard InChI is InChI=1S/C26H36B2O4/c1-22(2)23(3,4)30-27(29-22)21-16-12-13-18-26(21,19-17-20-14-10-9-11-15-20)28-31-24(5,6)25(7,8)32-28/h9-19,21H,1-8H3/b19-17-/t21-,26+/m1/s1. The van der Waals surface area contributed by atoms with Gasteiger partial charge in [-0.2, -0.15) is 0 Å². The lowest BCUT2D eigenvalue weighted by Gasteiger charge is -2.38. The average Bonchev–Trinajstić information content (AvgIpc) is 3.07. The van der Waals surface area contributed by atoms with Crippen molar-refractivity contribution in [2.24, 2.45) is 0 Å². The highest BCUT2D eigenvalue weighted by atomic mass is 16.7. The Labute approximate surface area is 194 Å². The van der Waals surface area contributed by atoms with Crippen LogP contribution in [0.1, 0.15) is 61.0 Å². The van der Waals surface area contributed by atoms with Gasteiger partial charge in [-0.25, -0.2) is 0 Å². The topological polar surface area (TPSA) is 36.9 Å². The van der Waals surface area contributed by atoms with Crippen molar-refractivity contribution >= 4 is 20.3 Å². The highest BCUT2D eigenvalue weighted by molar-refractivity contribution is 6.58. The first-order valence-corrected chi connectivity index (χ1v) is 11.6. The second-order valence-electron chi connectivity index (χ2n) is 11.2. The Bertz CT molecular complexity index is 900. The van der Waals surface area contributed by atoms with Crippen molar-refractivity contribution in [1.82, 2.24) is 0 Å². The molecule has 1 aliphatic carbocycles. The van der Waals surface area contributed by atoms with E-state index in [-0.39, 0.29) is 5.82 Å². The van der Waals surface area contributed by atoms with Crippen molar-refractivity contribution < 1.29 is 18.6 Å². The first kappa shape index (κ1) is 23.6. The van der Waals surface area contributed by atoms with E-state index in [2.05, 4.69) is 104 Å². The molecule has 0 aromatic heterocycles. The lowest BCUT2D eigenvalue weighted by Crippen LogP contribution is -2.43. The number of allylic oxidation sites excluding steroid dienone is 5. The molecule has 3 aliphatic rings. The van der Waals surface area contributed by atoms with Crippen molar-refractivity contribution in [2.75, 3.05) is 0 Å². The van der Waals surface area contributed by atoms with Crippen LogP contribution in [0, 0.1) is 0 Å². The number of hydrogen-bond acceptors (Lipinski definition) is 4. The predicted octanol–water partition coefficient (Wildman–Crippen LogP) is 6.12. The molecular formula is C26H36B2O4. The van der Waals surface area contributed by atoms with E-state index in [4.69, 9.17) is 18.6 Å². The maximum Gasteiger partial charge on any atom is 0.472 e. The molecule has 2 atom stereocenters. The Morgan fingerprint density at radius 3 is 1.81 bits per heavy atom. The molecule has 6 heteroatoms. The first-order valence-electron chi connectivity index (χ1n) is 11.6. The van der Waals surface area contributed by atoms with Crippen molar-refractivity contribution in [3.8, 4) is 0 Å². The highest BCUT2D eigenvalue weighted by Crippen LogP contribution is 2.58. The summed E-state index contributed by atoms with van der Waals surface area (Å²) < 4.78 is 26.3. The molecule has 2 saturated heterocycles. The third kappa shape index (κ3) is 3.85. The van der Waals surface area contributed by atoms with E-state index >= 15 is 0 Å². The summed E-state index contributed by atoms with van der Waals surface area (Å²) in [6.45, 7) is 16.7. The first-order chi connectivity index (χ1) is 14.8. The fourth-order valence-corrected chi connectivity index (χ4v) is 4.38. The summed E-state index contributed by atoms with van der Waals surface area (Å²) in [4.78, 5) is 0. The molecule has 170 valence electrons. The van der Waals surface area contributed by atoms with E-state index in [1.54, 1.807) is 0 Å². The summed E-state index contributed by atoms with van der Waals surface area (Å²) in [7, 11) is -0.918. The molecule has 0 bridgehead atoms. The van der Waals surface area contributed by atoms with E-state index in [0.717, 1.165) is 5.56 Å². The molecule has 0 radical (unpaired) electrons. The molecule has 0 unspecified atom stereocenters. The summed E-state index contributed by atoms with van der Waals surface area (Å²) in [6.07, 6.45) is 12.8. The molecular weight excluding hydrogens is 398 g/mol. The van der Waals surface area contributed by atoms with Gasteiger partial charge in [-0.3, -0.25) is 0 Å². The number of benzene rings is 1. The van der Waals surface area contributed by atoms with E-state index < -0.39 is 42.0 Å². The second kappa shape index (κ2) is 7.73. The van der Waals surface area contributed by atoms with Gasteiger partial charge < -0.3 is 18.6 Å². The zero-order valence-corrected chi connectivity index (χ0v) is 20.7. The fraction of sp³-hybridized carbons (Fsp3) is 0.538. The van der Waals surface area contributed by atoms with Crippen LogP contribution in [0.25, 0.3) is 6.08 Å². The van der Waals surface area contributed by atoms with E-state index in [9.17, 15) is 0 Å². The van der Waals surface area contributed by atoms with Crippen LogP contribution in [0.15, 0.2) is 60.7 Å². The van der Waals surface area contributed by atoms with Crippen LogP contribution in [0.3, 0.4) is 0 Å². The maximum atomic E-state index is 6.62. The third-order valence-electron chi connectivity index (χ3n) is 7.98. The molecule has 0 saturated carbocycles. The Morgan fingerprint density at radius 1 is 0.719 bits per heavy atom. The van der Waals surface area contributed by atoms with Crippen LogP contribution >= 0.6 is 0 Å². The predicted molar refractivity (Wildman–Crippen MR) is 132 cm³/mol. The van der Waals surface area contributed by atoms with Crippen molar-refractivity contribution in [2.45, 2.75) is 88.9 Å². The summed E-state index contributed by atoms with van der Waals surface area (Å²) in [5.74, 6) is -0.122. The van der Waals surface area contributed by atoms with Crippen LogP contribution in [0.4, 0.5) is 0 Å². The molecule has 2 fully saturated rings. The highest BCUT2D eigenvalue weighted by Gasteiger charge is 2.65. The number of hydrogen-bond donors (Lipinski definition) is 0. The molecule has 2 heterocycles. The van der Waals surface area contributed by atoms with Gasteiger partial charge in [-0.15, -0.1) is 0 Å². The van der Waals surface area contributed by atoms with Gasteiger partial charge in [0.25, 0.3) is 0 Å². The molecule has 0 spiro atoms. The van der Waals surface area contributed by atoms with E-state index in [0.29, 0.717) is 0 Å². The molecule has 2 aliphatic heterocycles. The minimum absolute atomic E-state index is 0.122. The van der Waals surface area contributed by atoms with Gasteiger partial charge in [-0.05, 0) is 61.0 Å². The van der Waals surface area contributed by atoms with Crippen LogP contribution in [0.2, 0.25) is 11.1 Å². The molecule has 4 nitrogen and oxygen atoms in total. The summed E-state index contributed by atoms with van der Waals surface area (Å²) in [5.41, 5.74) is -0.602. The van der Waals surface area contributed by atoms with Gasteiger partial charge in [0.15, 0.2) is 0 Å². The van der Waals surface area contributed by atoms with E-state index in [1.807, 2.05) is 18.2 Å². The molecule has 0 N–H and O–H groups in total. The minimum Gasteiger partial charge on any atom is -0.403 e. The smallest absolute Gasteiger partial charge is 0.403 e. The maximum absolute atomic E-state index is 6.62. The normalized spacial score (nSPS) is 32.2. The van der Waals surface area contributed by atoms with Crippen LogP contribution in [-0.2, 0) is 18.6 Å². The summed E-state index contributed by atoms with van der Waals surface area (Å²) in [5, 5.41) is -0.600. The van der Waals surface area contributed by atoms with Gasteiger partial charge in [0, 0.05) is 11.1 Å². The van der Waals surface area contributed by atoms with Crippen LogP contribution in [-0.4, -0.2) is 36.6 Å². The van der Waals surface area contributed by atoms with Gasteiger partial charge in [-0.1, -0.05) is 66.8 Å². The van der Waals surface area contributed by atoms with E-state index in [1.165, 1.54) is 0 Å². The Hall–Kier alpha value is -1.59. The van der Waals surface area contributed by atoms with Crippen LogP contribution in [0.5, 0.6) is 0 Å². The monoisotopic (exact) mass is 434 g/mol. The molecule has 0 amide bonds. The average molecular weight is 434 g/mol. The largest absolute Gasteiger partial charge is 0.472 e. The lowest BCUT2D eigenvalue weighted by atomic mass is 9.41. The van der Waals surface area contributed by atoms with Crippen molar-refractivity contribution in [1.29, 1.82) is 0 Å². The third-order valence-corrected chi connectivity index (χ3v) is 7.98. The van der Waals surface area contributed by atoms with Crippen molar-refractivity contribution in [3.63, 3.8) is 0 Å². The fourth-order valence-electron chi connectivity index (χ4n) is 4.38. The lowest BCUT2D eigenvalue weighted by molar-refractivity contribution is 0.00578. The SMILES string of the molecule is CC1(C)OB([C@@H]2C=CC=C[C@@]2(/C=C\c2ccccc2)B2OC(C)(C)C(C)(C)O2)OC1(C)C. The Balaban J connectivity index is 1.78. The molecule has 32 heavy (non-hydrogen) atoms. The number of rotatable bonds is 4. The quantitative estimate of drug-likeness (QED) is 0.535. The van der Waals surface area contributed by atoms with Gasteiger partial charge >= 0.3 is 14.2 Å². The summed E-state index contributed by atoms with van der Waals surface area (Å²) in [6, 6.07) is 10.3. The van der Waals surface area contributed by atoms with Gasteiger partial charge in [0.1, 0.15) is 0 Å². The molecule has 1 aromatic rings. The van der Waals surface area contributed by atoms with Gasteiger partial charge in [0.2, 0.25) is 0 Å². The molecule has 1 aromatic carbocycles. The minimum atomic E-state index is -0.600. The van der Waals surface area contributed by atoms with Gasteiger partial charge in [0.05, 0.1) is 22.4 Å². The Kier molecular flexibility index (Phi) is 5.69.